The largest absolute Gasteiger partial charge is 0.448 e. The van der Waals surface area contributed by atoms with E-state index in [1.54, 1.807) is 4.90 Å². The van der Waals surface area contributed by atoms with Gasteiger partial charge in [-0.2, -0.15) is 0 Å². The summed E-state index contributed by atoms with van der Waals surface area (Å²) >= 11 is 0. The molecule has 1 aromatic carbocycles. The summed E-state index contributed by atoms with van der Waals surface area (Å²) in [7, 11) is 0. The zero-order valence-electron chi connectivity index (χ0n) is 12.2. The molecule has 2 rings (SSSR count). The first-order valence-corrected chi connectivity index (χ1v) is 7.24. The zero-order valence-corrected chi connectivity index (χ0v) is 12.2. The lowest BCUT2D eigenvalue weighted by molar-refractivity contribution is 0.157. The van der Waals surface area contributed by atoms with Crippen LogP contribution in [-0.4, -0.2) is 36.7 Å². The fraction of sp³-hybridized carbons (Fsp3) is 0.467. The van der Waals surface area contributed by atoms with Crippen LogP contribution in [0.3, 0.4) is 0 Å². The van der Waals surface area contributed by atoms with E-state index in [1.165, 1.54) is 0 Å². The van der Waals surface area contributed by atoms with Gasteiger partial charge in [0.2, 0.25) is 0 Å². The quantitative estimate of drug-likeness (QED) is 0.791. The number of urea groups is 1. The number of nitrogens with one attached hydrogen (secondary N) is 2. The molecule has 0 bridgehead atoms. The Bertz CT molecular complexity index is 487. The second-order valence-electron chi connectivity index (χ2n) is 4.97. The molecule has 0 aliphatic carbocycles. The Labute approximate surface area is 124 Å². The minimum absolute atomic E-state index is 0.195. The Hall–Kier alpha value is -2.24. The van der Waals surface area contributed by atoms with Crippen molar-refractivity contribution in [3.05, 3.63) is 29.8 Å². The maximum absolute atomic E-state index is 11.6. The summed E-state index contributed by atoms with van der Waals surface area (Å²) in [6, 6.07) is 7.26. The van der Waals surface area contributed by atoms with Gasteiger partial charge in [-0.05, 0) is 24.1 Å². The van der Waals surface area contributed by atoms with E-state index in [0.717, 1.165) is 24.1 Å². The topological polar surface area (TPSA) is 70.7 Å². The number of benzene rings is 1. The van der Waals surface area contributed by atoms with E-state index in [4.69, 9.17) is 4.74 Å². The molecule has 0 unspecified atom stereocenters. The van der Waals surface area contributed by atoms with Crippen molar-refractivity contribution in [2.24, 2.45) is 0 Å². The van der Waals surface area contributed by atoms with E-state index < -0.39 is 0 Å². The van der Waals surface area contributed by atoms with Gasteiger partial charge in [0.25, 0.3) is 0 Å². The third kappa shape index (κ3) is 4.66. The highest BCUT2D eigenvalue weighted by Crippen LogP contribution is 2.14. The standard InChI is InChI=1S/C15H21N3O3/c1-2-3-8-16-14(19)17-13-6-4-12(5-7-13)11-18-9-10-21-15(18)20/h4-7H,2-3,8-11H2,1H3,(H2,16,17,19). The predicted molar refractivity (Wildman–Crippen MR) is 80.1 cm³/mol. The fourth-order valence-corrected chi connectivity index (χ4v) is 2.04. The molecule has 0 radical (unpaired) electrons. The summed E-state index contributed by atoms with van der Waals surface area (Å²) in [5.41, 5.74) is 1.74. The van der Waals surface area contributed by atoms with Crippen LogP contribution in [0.2, 0.25) is 0 Å². The zero-order chi connectivity index (χ0) is 15.1. The van der Waals surface area contributed by atoms with Crippen molar-refractivity contribution >= 4 is 17.8 Å². The Balaban J connectivity index is 1.81. The molecule has 114 valence electrons. The number of rotatable bonds is 6. The van der Waals surface area contributed by atoms with Crippen LogP contribution in [0.4, 0.5) is 15.3 Å². The molecule has 1 fully saturated rings. The van der Waals surface area contributed by atoms with Crippen molar-refractivity contribution < 1.29 is 14.3 Å². The molecular formula is C15H21N3O3. The Morgan fingerprint density at radius 3 is 2.71 bits per heavy atom. The third-order valence-electron chi connectivity index (χ3n) is 3.25. The van der Waals surface area contributed by atoms with Gasteiger partial charge in [-0.25, -0.2) is 9.59 Å². The number of carbonyl (C=O) groups is 2. The molecule has 0 aromatic heterocycles. The maximum atomic E-state index is 11.6. The summed E-state index contributed by atoms with van der Waals surface area (Å²) in [5, 5.41) is 5.57. The average molecular weight is 291 g/mol. The predicted octanol–water partition coefficient (Wildman–Crippen LogP) is 2.56. The van der Waals surface area contributed by atoms with E-state index in [9.17, 15) is 9.59 Å². The van der Waals surface area contributed by atoms with Crippen LogP contribution >= 0.6 is 0 Å². The number of hydrogen-bond acceptors (Lipinski definition) is 3. The van der Waals surface area contributed by atoms with Crippen LogP contribution in [0.15, 0.2) is 24.3 Å². The lowest BCUT2D eigenvalue weighted by Gasteiger charge is -2.13. The highest BCUT2D eigenvalue weighted by atomic mass is 16.6. The van der Waals surface area contributed by atoms with Crippen molar-refractivity contribution in [2.75, 3.05) is 25.0 Å². The molecule has 1 saturated heterocycles. The third-order valence-corrected chi connectivity index (χ3v) is 3.25. The molecule has 1 aliphatic rings. The first-order chi connectivity index (χ1) is 10.2. The number of carbonyl (C=O) groups excluding carboxylic acids is 2. The Kier molecular flexibility index (Phi) is 5.43. The van der Waals surface area contributed by atoms with Crippen LogP contribution in [0.5, 0.6) is 0 Å². The van der Waals surface area contributed by atoms with Crippen molar-refractivity contribution in [3.8, 4) is 0 Å². The number of hydrogen-bond donors (Lipinski definition) is 2. The van der Waals surface area contributed by atoms with Crippen molar-refractivity contribution in [3.63, 3.8) is 0 Å². The summed E-state index contributed by atoms with van der Waals surface area (Å²) in [5.74, 6) is 0. The fourth-order valence-electron chi connectivity index (χ4n) is 2.04. The van der Waals surface area contributed by atoms with Gasteiger partial charge in [-0.15, -0.1) is 0 Å². The molecule has 2 N–H and O–H groups in total. The van der Waals surface area contributed by atoms with Gasteiger partial charge in [0, 0.05) is 18.8 Å². The number of amides is 3. The summed E-state index contributed by atoms with van der Waals surface area (Å²) < 4.78 is 4.88. The van der Waals surface area contributed by atoms with E-state index in [0.29, 0.717) is 26.2 Å². The van der Waals surface area contributed by atoms with Gasteiger partial charge in [0.05, 0.1) is 6.54 Å². The van der Waals surface area contributed by atoms with Crippen LogP contribution in [0, 0.1) is 0 Å². The molecule has 21 heavy (non-hydrogen) atoms. The molecule has 1 heterocycles. The van der Waals surface area contributed by atoms with Gasteiger partial charge in [-0.1, -0.05) is 25.5 Å². The lowest BCUT2D eigenvalue weighted by Crippen LogP contribution is -2.29. The van der Waals surface area contributed by atoms with Gasteiger partial charge in [-0.3, -0.25) is 0 Å². The maximum Gasteiger partial charge on any atom is 0.410 e. The molecule has 6 nitrogen and oxygen atoms in total. The number of ether oxygens (including phenoxy) is 1. The number of unbranched alkanes of at least 4 members (excludes halogenated alkanes) is 1. The van der Waals surface area contributed by atoms with Crippen LogP contribution in [0.1, 0.15) is 25.3 Å². The molecule has 1 aliphatic heterocycles. The summed E-state index contributed by atoms with van der Waals surface area (Å²) in [6.07, 6.45) is 1.75. The molecule has 0 spiro atoms. The molecule has 0 atom stereocenters. The number of nitrogens with zero attached hydrogens (tertiary/aromatic N) is 1. The first kappa shape index (κ1) is 15.2. The second kappa shape index (κ2) is 7.52. The van der Waals surface area contributed by atoms with Crippen molar-refractivity contribution in [2.45, 2.75) is 26.3 Å². The van der Waals surface area contributed by atoms with Crippen molar-refractivity contribution in [1.29, 1.82) is 0 Å². The minimum Gasteiger partial charge on any atom is -0.448 e. The van der Waals surface area contributed by atoms with Crippen LogP contribution < -0.4 is 10.6 Å². The minimum atomic E-state index is -0.271. The van der Waals surface area contributed by atoms with Crippen molar-refractivity contribution in [1.82, 2.24) is 10.2 Å². The average Bonchev–Trinajstić information content (AvgIpc) is 2.87. The van der Waals surface area contributed by atoms with Gasteiger partial charge in [0.1, 0.15) is 6.61 Å². The highest BCUT2D eigenvalue weighted by Gasteiger charge is 2.21. The summed E-state index contributed by atoms with van der Waals surface area (Å²) in [6.45, 7) is 4.36. The molecule has 1 aromatic rings. The van der Waals surface area contributed by atoms with E-state index in [-0.39, 0.29) is 12.1 Å². The summed E-state index contributed by atoms with van der Waals surface area (Å²) in [4.78, 5) is 24.6. The first-order valence-electron chi connectivity index (χ1n) is 7.24. The number of anilines is 1. The second-order valence-corrected chi connectivity index (χ2v) is 4.97. The Morgan fingerprint density at radius 1 is 1.33 bits per heavy atom. The lowest BCUT2D eigenvalue weighted by atomic mass is 10.2. The van der Waals surface area contributed by atoms with Gasteiger partial charge < -0.3 is 20.3 Å². The molecule has 6 heteroatoms. The molecular weight excluding hydrogens is 270 g/mol. The molecule has 3 amide bonds. The van der Waals surface area contributed by atoms with Gasteiger partial charge >= 0.3 is 12.1 Å². The monoisotopic (exact) mass is 291 g/mol. The highest BCUT2D eigenvalue weighted by molar-refractivity contribution is 5.89. The normalized spacial score (nSPS) is 14.0. The smallest absolute Gasteiger partial charge is 0.410 e. The number of cyclic esters (lactones) is 1. The Morgan fingerprint density at radius 2 is 2.10 bits per heavy atom. The van der Waals surface area contributed by atoms with Crippen LogP contribution in [0.25, 0.3) is 0 Å². The van der Waals surface area contributed by atoms with E-state index >= 15 is 0 Å². The SMILES string of the molecule is CCCCNC(=O)Nc1ccc(CN2CCOC2=O)cc1. The van der Waals surface area contributed by atoms with E-state index in [2.05, 4.69) is 17.6 Å². The van der Waals surface area contributed by atoms with Crippen LogP contribution in [-0.2, 0) is 11.3 Å². The van der Waals surface area contributed by atoms with E-state index in [1.807, 2.05) is 24.3 Å². The van der Waals surface area contributed by atoms with Gasteiger partial charge in [0.15, 0.2) is 0 Å². The molecule has 0 saturated carbocycles.